The molecule has 2 aromatic carbocycles. The molecule has 0 radical (unpaired) electrons. The summed E-state index contributed by atoms with van der Waals surface area (Å²) in [5.74, 6) is -0.857. The van der Waals surface area contributed by atoms with Gasteiger partial charge in [0.15, 0.2) is 5.75 Å². The Morgan fingerprint density at radius 2 is 1.85 bits per heavy atom. The van der Waals surface area contributed by atoms with E-state index in [1.54, 1.807) is 0 Å². The number of esters is 1. The Balaban J connectivity index is 2.91. The number of rotatable bonds is 2. The number of hydrogen-bond donors (Lipinski definition) is 2. The van der Waals surface area contributed by atoms with Gasteiger partial charge in [0, 0.05) is 29.4 Å². The van der Waals surface area contributed by atoms with Crippen LogP contribution in [0.5, 0.6) is 5.75 Å². The molecule has 0 aliphatic carbocycles. The zero-order valence-electron chi connectivity index (χ0n) is 10.4. The molecule has 0 amide bonds. The Morgan fingerprint density at radius 3 is 2.40 bits per heavy atom. The molecule has 0 fully saturated rings. The number of benzene rings is 2. The average Bonchev–Trinajstić information content (AvgIpc) is 2.30. The van der Waals surface area contributed by atoms with Crippen LogP contribution in [0.4, 0.5) is 11.4 Å². The number of anilines is 2. The predicted octanol–water partition coefficient (Wildman–Crippen LogP) is 0.834. The molecule has 0 saturated heterocycles. The molecular formula is C12H11N2O5S-. The smallest absolute Gasteiger partial charge is 0.308 e. The summed E-state index contributed by atoms with van der Waals surface area (Å²) >= 11 is 0. The normalized spacial score (nSPS) is 11.5. The van der Waals surface area contributed by atoms with E-state index < -0.39 is 21.0 Å². The van der Waals surface area contributed by atoms with Crippen LogP contribution in [0.15, 0.2) is 29.2 Å². The van der Waals surface area contributed by atoms with Crippen molar-refractivity contribution in [3.05, 3.63) is 24.3 Å². The lowest BCUT2D eigenvalue weighted by molar-refractivity contribution is -0.131. The number of nitrogen functional groups attached to an aromatic ring is 2. The molecule has 7 nitrogen and oxygen atoms in total. The van der Waals surface area contributed by atoms with Crippen molar-refractivity contribution in [1.29, 1.82) is 0 Å². The number of hydrogen-bond acceptors (Lipinski definition) is 7. The molecule has 0 spiro atoms. The largest absolute Gasteiger partial charge is 0.744 e. The average molecular weight is 295 g/mol. The minimum atomic E-state index is -4.77. The molecule has 0 aliphatic rings. The first-order chi connectivity index (χ1) is 9.20. The molecule has 0 atom stereocenters. The topological polar surface area (TPSA) is 136 Å². The fourth-order valence-electron chi connectivity index (χ4n) is 1.85. The summed E-state index contributed by atoms with van der Waals surface area (Å²) in [5.41, 5.74) is 11.7. The summed E-state index contributed by atoms with van der Waals surface area (Å²) in [7, 11) is -4.77. The minimum Gasteiger partial charge on any atom is -0.744 e. The zero-order valence-corrected chi connectivity index (χ0v) is 11.2. The summed E-state index contributed by atoms with van der Waals surface area (Å²) in [6, 6.07) is 5.22. The second kappa shape index (κ2) is 4.66. The third-order valence-electron chi connectivity index (χ3n) is 2.65. The Hall–Kier alpha value is -2.32. The van der Waals surface area contributed by atoms with Crippen LogP contribution < -0.4 is 16.2 Å². The van der Waals surface area contributed by atoms with E-state index >= 15 is 0 Å². The molecule has 0 unspecified atom stereocenters. The number of carbonyl (C=O) groups is 1. The SMILES string of the molecule is CC(=O)Oc1cc(S(=O)(=O)[O-])c2cc(N)ccc2c1N. The standard InChI is InChI=1S/C12H12N2O5S/c1-6(15)19-10-5-11(20(16,17)18)9-4-7(13)2-3-8(9)12(10)14/h2-5H,13-14H2,1H3,(H,16,17,18)/p-1. The maximum Gasteiger partial charge on any atom is 0.308 e. The van der Waals surface area contributed by atoms with Gasteiger partial charge in [-0.2, -0.15) is 0 Å². The Bertz CT molecular complexity index is 814. The molecule has 0 heterocycles. The van der Waals surface area contributed by atoms with Gasteiger partial charge in [0.2, 0.25) is 0 Å². The molecule has 4 N–H and O–H groups in total. The number of carbonyl (C=O) groups excluding carboxylic acids is 1. The van der Waals surface area contributed by atoms with Gasteiger partial charge in [-0.05, 0) is 12.1 Å². The third-order valence-corrected chi connectivity index (χ3v) is 3.53. The van der Waals surface area contributed by atoms with Gasteiger partial charge in [-0.1, -0.05) is 6.07 Å². The molecular weight excluding hydrogens is 284 g/mol. The molecule has 0 aromatic heterocycles. The van der Waals surface area contributed by atoms with Crippen molar-refractivity contribution >= 4 is 38.2 Å². The molecule has 20 heavy (non-hydrogen) atoms. The summed E-state index contributed by atoms with van der Waals surface area (Å²) in [6.45, 7) is 1.14. The molecule has 2 aromatic rings. The van der Waals surface area contributed by atoms with Gasteiger partial charge in [0.25, 0.3) is 0 Å². The second-order valence-electron chi connectivity index (χ2n) is 4.14. The fraction of sp³-hybridized carbons (Fsp3) is 0.0833. The number of nitrogens with two attached hydrogens (primary N) is 2. The van der Waals surface area contributed by atoms with Crippen LogP contribution in [0.25, 0.3) is 10.8 Å². The Labute approximate surface area is 114 Å². The monoisotopic (exact) mass is 295 g/mol. The number of ether oxygens (including phenoxy) is 1. The van der Waals surface area contributed by atoms with Crippen LogP contribution in [0.2, 0.25) is 0 Å². The highest BCUT2D eigenvalue weighted by molar-refractivity contribution is 7.86. The van der Waals surface area contributed by atoms with E-state index in [-0.39, 0.29) is 27.9 Å². The minimum absolute atomic E-state index is 0.0580. The van der Waals surface area contributed by atoms with Crippen molar-refractivity contribution in [2.24, 2.45) is 0 Å². The van der Waals surface area contributed by atoms with Crippen molar-refractivity contribution in [3.63, 3.8) is 0 Å². The predicted molar refractivity (Wildman–Crippen MR) is 72.0 cm³/mol. The van der Waals surface area contributed by atoms with Crippen molar-refractivity contribution in [2.45, 2.75) is 11.8 Å². The van der Waals surface area contributed by atoms with Crippen LogP contribution in [-0.4, -0.2) is 18.9 Å². The van der Waals surface area contributed by atoms with Crippen molar-refractivity contribution in [3.8, 4) is 5.75 Å². The van der Waals surface area contributed by atoms with Gasteiger partial charge in [0.05, 0.1) is 10.6 Å². The zero-order chi connectivity index (χ0) is 15.1. The highest BCUT2D eigenvalue weighted by Gasteiger charge is 2.16. The van der Waals surface area contributed by atoms with E-state index in [1.165, 1.54) is 18.2 Å². The number of fused-ring (bicyclic) bond motifs is 1. The third kappa shape index (κ3) is 2.51. The van der Waals surface area contributed by atoms with E-state index in [4.69, 9.17) is 16.2 Å². The van der Waals surface area contributed by atoms with E-state index in [0.717, 1.165) is 13.0 Å². The van der Waals surface area contributed by atoms with Crippen LogP contribution in [0.1, 0.15) is 6.92 Å². The van der Waals surface area contributed by atoms with Crippen LogP contribution in [0.3, 0.4) is 0 Å². The van der Waals surface area contributed by atoms with E-state index in [0.29, 0.717) is 0 Å². The molecule has 0 aliphatic heterocycles. The highest BCUT2D eigenvalue weighted by Crippen LogP contribution is 2.36. The lowest BCUT2D eigenvalue weighted by Gasteiger charge is -2.15. The highest BCUT2D eigenvalue weighted by atomic mass is 32.2. The van der Waals surface area contributed by atoms with Gasteiger partial charge in [0.1, 0.15) is 10.1 Å². The van der Waals surface area contributed by atoms with Crippen LogP contribution >= 0.6 is 0 Å². The Morgan fingerprint density at radius 1 is 1.20 bits per heavy atom. The van der Waals surface area contributed by atoms with Crippen LogP contribution in [0, 0.1) is 0 Å². The summed E-state index contributed by atoms with van der Waals surface area (Å²) in [4.78, 5) is 10.5. The summed E-state index contributed by atoms with van der Waals surface area (Å²) < 4.78 is 38.8. The maximum absolute atomic E-state index is 11.3. The van der Waals surface area contributed by atoms with Gasteiger partial charge in [-0.15, -0.1) is 0 Å². The lowest BCUT2D eigenvalue weighted by atomic mass is 10.1. The van der Waals surface area contributed by atoms with Crippen molar-refractivity contribution < 1.29 is 22.5 Å². The van der Waals surface area contributed by atoms with Crippen LogP contribution in [-0.2, 0) is 14.9 Å². The quantitative estimate of drug-likeness (QED) is 0.362. The molecule has 8 heteroatoms. The van der Waals surface area contributed by atoms with Gasteiger partial charge < -0.3 is 20.8 Å². The summed E-state index contributed by atoms with van der Waals surface area (Å²) in [6.07, 6.45) is 0. The Kier molecular flexibility index (Phi) is 3.28. The summed E-state index contributed by atoms with van der Waals surface area (Å²) in [5, 5.41) is 0.362. The van der Waals surface area contributed by atoms with E-state index in [9.17, 15) is 17.8 Å². The van der Waals surface area contributed by atoms with E-state index in [1.807, 2.05) is 0 Å². The van der Waals surface area contributed by atoms with E-state index in [2.05, 4.69) is 0 Å². The molecule has 0 saturated carbocycles. The molecule has 2 rings (SSSR count). The fourth-order valence-corrected chi connectivity index (χ4v) is 2.54. The van der Waals surface area contributed by atoms with Gasteiger partial charge in [-0.3, -0.25) is 4.79 Å². The van der Waals surface area contributed by atoms with Gasteiger partial charge in [-0.25, -0.2) is 8.42 Å². The van der Waals surface area contributed by atoms with Crippen molar-refractivity contribution in [1.82, 2.24) is 0 Å². The molecule has 0 bridgehead atoms. The first-order valence-corrected chi connectivity index (χ1v) is 6.87. The first-order valence-electron chi connectivity index (χ1n) is 5.46. The molecule has 106 valence electrons. The lowest BCUT2D eigenvalue weighted by Crippen LogP contribution is -2.07. The van der Waals surface area contributed by atoms with Gasteiger partial charge >= 0.3 is 5.97 Å². The maximum atomic E-state index is 11.3. The second-order valence-corrected chi connectivity index (χ2v) is 5.49. The first kappa shape index (κ1) is 14.1. The van der Waals surface area contributed by atoms with Crippen molar-refractivity contribution in [2.75, 3.05) is 11.5 Å².